The van der Waals surface area contributed by atoms with E-state index in [0.29, 0.717) is 11.4 Å². The van der Waals surface area contributed by atoms with Gasteiger partial charge in [-0.1, -0.05) is 5.16 Å². The van der Waals surface area contributed by atoms with E-state index in [4.69, 9.17) is 4.52 Å². The lowest BCUT2D eigenvalue weighted by Gasteiger charge is -2.05. The zero-order valence-electron chi connectivity index (χ0n) is 9.40. The molecular formula is C9H10F3N5O. The van der Waals surface area contributed by atoms with Gasteiger partial charge in [0.15, 0.2) is 0 Å². The summed E-state index contributed by atoms with van der Waals surface area (Å²) >= 11 is 0. The van der Waals surface area contributed by atoms with Gasteiger partial charge in [-0.3, -0.25) is 4.68 Å². The molecule has 0 aliphatic carbocycles. The van der Waals surface area contributed by atoms with E-state index in [1.54, 1.807) is 17.9 Å². The molecule has 2 heterocycles. The second-order valence-corrected chi connectivity index (χ2v) is 3.63. The number of hydrogen-bond acceptors (Lipinski definition) is 5. The molecule has 18 heavy (non-hydrogen) atoms. The van der Waals surface area contributed by atoms with E-state index in [1.807, 2.05) is 0 Å². The molecule has 0 atom stereocenters. The predicted molar refractivity (Wildman–Crippen MR) is 54.3 cm³/mol. The Hall–Kier alpha value is -1.90. The zero-order chi connectivity index (χ0) is 13.2. The van der Waals surface area contributed by atoms with Crippen LogP contribution >= 0.6 is 0 Å². The van der Waals surface area contributed by atoms with Gasteiger partial charge in [0.05, 0.1) is 24.8 Å². The Balaban J connectivity index is 1.94. The van der Waals surface area contributed by atoms with Crippen molar-refractivity contribution in [1.82, 2.24) is 25.2 Å². The van der Waals surface area contributed by atoms with E-state index in [0.717, 1.165) is 0 Å². The maximum Gasteiger partial charge on any atom is 0.401 e. The van der Waals surface area contributed by atoms with Gasteiger partial charge in [0.2, 0.25) is 11.7 Å². The van der Waals surface area contributed by atoms with E-state index < -0.39 is 12.7 Å². The lowest BCUT2D eigenvalue weighted by Crippen LogP contribution is -2.28. The molecule has 6 nitrogen and oxygen atoms in total. The largest absolute Gasteiger partial charge is 0.401 e. The third-order valence-corrected chi connectivity index (χ3v) is 2.03. The fourth-order valence-corrected chi connectivity index (χ4v) is 1.29. The number of aromatic nitrogens is 4. The number of rotatable bonds is 4. The number of alkyl halides is 3. The summed E-state index contributed by atoms with van der Waals surface area (Å²) in [6.45, 7) is -1.23. The Kier molecular flexibility index (Phi) is 3.32. The van der Waals surface area contributed by atoms with Gasteiger partial charge in [-0.2, -0.15) is 23.3 Å². The molecule has 0 radical (unpaired) electrons. The fourth-order valence-electron chi connectivity index (χ4n) is 1.29. The van der Waals surface area contributed by atoms with Crippen LogP contribution in [0.3, 0.4) is 0 Å². The molecule has 2 aromatic heterocycles. The fraction of sp³-hybridized carbons (Fsp3) is 0.444. The van der Waals surface area contributed by atoms with Gasteiger partial charge in [0.25, 0.3) is 0 Å². The topological polar surface area (TPSA) is 68.8 Å². The average Bonchev–Trinajstić information content (AvgIpc) is 2.85. The first-order chi connectivity index (χ1) is 8.44. The van der Waals surface area contributed by atoms with Crippen molar-refractivity contribution >= 4 is 0 Å². The van der Waals surface area contributed by atoms with Crippen LogP contribution in [0.2, 0.25) is 0 Å². The zero-order valence-corrected chi connectivity index (χ0v) is 9.40. The highest BCUT2D eigenvalue weighted by Crippen LogP contribution is 2.15. The minimum absolute atomic E-state index is 0.0955. The van der Waals surface area contributed by atoms with Crippen molar-refractivity contribution in [3.8, 4) is 11.4 Å². The maximum absolute atomic E-state index is 11.9. The molecule has 0 saturated carbocycles. The Morgan fingerprint density at radius 3 is 2.83 bits per heavy atom. The Labute approximate surface area is 99.8 Å². The molecule has 0 bridgehead atoms. The molecule has 0 amide bonds. The summed E-state index contributed by atoms with van der Waals surface area (Å²) < 4.78 is 42.1. The summed E-state index contributed by atoms with van der Waals surface area (Å²) in [5.41, 5.74) is 0.642. The number of aryl methyl sites for hydroxylation is 1. The van der Waals surface area contributed by atoms with Crippen molar-refractivity contribution in [1.29, 1.82) is 0 Å². The van der Waals surface area contributed by atoms with Crippen LogP contribution in [-0.2, 0) is 13.6 Å². The normalized spacial score (nSPS) is 12.0. The molecule has 0 aromatic carbocycles. The van der Waals surface area contributed by atoms with Gasteiger partial charge < -0.3 is 9.84 Å². The van der Waals surface area contributed by atoms with E-state index >= 15 is 0 Å². The Bertz CT molecular complexity index is 518. The summed E-state index contributed by atoms with van der Waals surface area (Å²) in [6.07, 6.45) is -1.04. The molecule has 9 heteroatoms. The van der Waals surface area contributed by atoms with Crippen LogP contribution < -0.4 is 5.32 Å². The van der Waals surface area contributed by atoms with Crippen LogP contribution in [0, 0.1) is 0 Å². The molecule has 1 N–H and O–H groups in total. The van der Waals surface area contributed by atoms with Crippen molar-refractivity contribution < 1.29 is 17.7 Å². The van der Waals surface area contributed by atoms with Crippen molar-refractivity contribution in [3.05, 3.63) is 18.3 Å². The van der Waals surface area contributed by atoms with Gasteiger partial charge in [0.1, 0.15) is 0 Å². The van der Waals surface area contributed by atoms with Gasteiger partial charge in [-0.25, -0.2) is 0 Å². The van der Waals surface area contributed by atoms with E-state index in [1.165, 1.54) is 6.20 Å². The summed E-state index contributed by atoms with van der Waals surface area (Å²) in [7, 11) is 1.73. The highest BCUT2D eigenvalue weighted by Gasteiger charge is 2.26. The van der Waals surface area contributed by atoms with Crippen molar-refractivity contribution in [2.24, 2.45) is 7.05 Å². The third kappa shape index (κ3) is 3.29. The Morgan fingerprint density at radius 1 is 1.44 bits per heavy atom. The van der Waals surface area contributed by atoms with Crippen LogP contribution in [0.5, 0.6) is 0 Å². The lowest BCUT2D eigenvalue weighted by atomic mass is 10.3. The summed E-state index contributed by atoms with van der Waals surface area (Å²) in [6, 6.07) is 0. The molecular weight excluding hydrogens is 251 g/mol. The molecule has 0 spiro atoms. The van der Waals surface area contributed by atoms with Crippen LogP contribution in [0.25, 0.3) is 11.4 Å². The molecule has 0 aliphatic rings. The summed E-state index contributed by atoms with van der Waals surface area (Å²) in [5.74, 6) is 0.394. The molecule has 98 valence electrons. The van der Waals surface area contributed by atoms with E-state index in [-0.39, 0.29) is 12.4 Å². The predicted octanol–water partition coefficient (Wildman–Crippen LogP) is 1.12. The first-order valence-electron chi connectivity index (χ1n) is 5.03. The highest BCUT2D eigenvalue weighted by atomic mass is 19.4. The number of hydrogen-bond donors (Lipinski definition) is 1. The SMILES string of the molecule is Cn1cc(-c2noc(CNCC(F)(F)F)n2)cn1. The first kappa shape index (κ1) is 12.6. The lowest BCUT2D eigenvalue weighted by molar-refractivity contribution is -0.125. The van der Waals surface area contributed by atoms with Crippen molar-refractivity contribution in [3.63, 3.8) is 0 Å². The number of nitrogens with one attached hydrogen (secondary N) is 1. The first-order valence-corrected chi connectivity index (χ1v) is 5.03. The average molecular weight is 261 g/mol. The molecule has 0 aliphatic heterocycles. The summed E-state index contributed by atoms with van der Waals surface area (Å²) in [5, 5.41) is 9.75. The molecule has 2 aromatic rings. The smallest absolute Gasteiger partial charge is 0.338 e. The number of nitrogens with zero attached hydrogens (tertiary/aromatic N) is 4. The van der Waals surface area contributed by atoms with Gasteiger partial charge in [-0.05, 0) is 0 Å². The van der Waals surface area contributed by atoms with Crippen LogP contribution in [0.1, 0.15) is 5.89 Å². The van der Waals surface area contributed by atoms with Crippen LogP contribution in [0.15, 0.2) is 16.9 Å². The van der Waals surface area contributed by atoms with Gasteiger partial charge in [-0.15, -0.1) is 0 Å². The monoisotopic (exact) mass is 261 g/mol. The third-order valence-electron chi connectivity index (χ3n) is 2.03. The molecule has 0 unspecified atom stereocenters. The van der Waals surface area contributed by atoms with Gasteiger partial charge >= 0.3 is 6.18 Å². The minimum Gasteiger partial charge on any atom is -0.338 e. The number of halogens is 3. The second kappa shape index (κ2) is 4.77. The summed E-state index contributed by atoms with van der Waals surface area (Å²) in [4.78, 5) is 3.95. The maximum atomic E-state index is 11.9. The highest BCUT2D eigenvalue weighted by molar-refractivity contribution is 5.50. The van der Waals surface area contributed by atoms with Crippen molar-refractivity contribution in [2.75, 3.05) is 6.54 Å². The van der Waals surface area contributed by atoms with Crippen LogP contribution in [-0.4, -0.2) is 32.6 Å². The second-order valence-electron chi connectivity index (χ2n) is 3.63. The van der Waals surface area contributed by atoms with E-state index in [9.17, 15) is 13.2 Å². The Morgan fingerprint density at radius 2 is 2.22 bits per heavy atom. The van der Waals surface area contributed by atoms with Crippen LogP contribution in [0.4, 0.5) is 13.2 Å². The van der Waals surface area contributed by atoms with Gasteiger partial charge in [0, 0.05) is 13.2 Å². The molecule has 0 saturated heterocycles. The minimum atomic E-state index is -4.26. The molecule has 0 fully saturated rings. The molecule has 2 rings (SSSR count). The standard InChI is InChI=1S/C9H10F3N5O/c1-17-4-6(2-14-17)8-15-7(18-16-8)3-13-5-9(10,11)12/h2,4,13H,3,5H2,1H3. The quantitative estimate of drug-likeness (QED) is 0.893. The van der Waals surface area contributed by atoms with Crippen molar-refractivity contribution in [2.45, 2.75) is 12.7 Å². The van der Waals surface area contributed by atoms with E-state index in [2.05, 4.69) is 20.6 Å².